The van der Waals surface area contributed by atoms with Gasteiger partial charge in [-0.2, -0.15) is 0 Å². The molecule has 0 bridgehead atoms. The van der Waals surface area contributed by atoms with E-state index in [4.69, 9.17) is 5.11 Å². The van der Waals surface area contributed by atoms with E-state index >= 15 is 0 Å². The highest BCUT2D eigenvalue weighted by molar-refractivity contribution is 4.78. The molecule has 1 aliphatic rings. The van der Waals surface area contributed by atoms with E-state index in [-0.39, 0.29) is 6.61 Å². The molecule has 1 rings (SSSR count). The molecule has 1 fully saturated rings. The lowest BCUT2D eigenvalue weighted by atomic mass is 9.80. The van der Waals surface area contributed by atoms with Crippen molar-refractivity contribution in [3.63, 3.8) is 0 Å². The smallest absolute Gasteiger partial charge is 0.0644 e. The lowest BCUT2D eigenvalue weighted by Gasteiger charge is -2.30. The molecule has 1 saturated carbocycles. The second kappa shape index (κ2) is 4.97. The molecule has 0 amide bonds. The van der Waals surface area contributed by atoms with Gasteiger partial charge in [0.25, 0.3) is 0 Å². The summed E-state index contributed by atoms with van der Waals surface area (Å²) in [5.74, 6) is 0.690. The van der Waals surface area contributed by atoms with Crippen LogP contribution >= 0.6 is 0 Å². The average molecular weight is 186 g/mol. The first-order valence-electron chi connectivity index (χ1n) is 5.47. The Balaban J connectivity index is 2.28. The van der Waals surface area contributed by atoms with Crippen molar-refractivity contribution < 1.29 is 10.2 Å². The van der Waals surface area contributed by atoms with Gasteiger partial charge in [0.1, 0.15) is 0 Å². The largest absolute Gasteiger partial charge is 0.396 e. The molecular weight excluding hydrogens is 164 g/mol. The number of aliphatic hydroxyl groups excluding tert-OH is 1. The Morgan fingerprint density at radius 2 is 1.85 bits per heavy atom. The molecule has 0 spiro atoms. The van der Waals surface area contributed by atoms with Crippen molar-refractivity contribution in [2.75, 3.05) is 6.61 Å². The standard InChI is InChI=1S/C11H22O2/c1-11(13,7-8-12)9-10-5-3-2-4-6-10/h10,12-13H,2-9H2,1H3. The number of hydrogen-bond acceptors (Lipinski definition) is 2. The number of rotatable bonds is 4. The van der Waals surface area contributed by atoms with Gasteiger partial charge in [-0.3, -0.25) is 0 Å². The summed E-state index contributed by atoms with van der Waals surface area (Å²) in [5, 5.41) is 18.7. The van der Waals surface area contributed by atoms with E-state index in [1.165, 1.54) is 32.1 Å². The Kier molecular flexibility index (Phi) is 4.20. The first-order valence-corrected chi connectivity index (χ1v) is 5.47. The highest BCUT2D eigenvalue weighted by Crippen LogP contribution is 2.31. The van der Waals surface area contributed by atoms with E-state index in [2.05, 4.69) is 0 Å². The maximum absolute atomic E-state index is 9.91. The van der Waals surface area contributed by atoms with Gasteiger partial charge in [0, 0.05) is 6.61 Å². The van der Waals surface area contributed by atoms with Crippen molar-refractivity contribution in [1.82, 2.24) is 0 Å². The molecule has 0 aromatic rings. The van der Waals surface area contributed by atoms with Crippen molar-refractivity contribution in [3.05, 3.63) is 0 Å². The predicted octanol–water partition coefficient (Wildman–Crippen LogP) is 2.09. The Labute approximate surface area is 81.0 Å². The SMILES string of the molecule is CC(O)(CCO)CC1CCCCC1. The summed E-state index contributed by atoms with van der Waals surface area (Å²) in [5.41, 5.74) is -0.642. The van der Waals surface area contributed by atoms with Crippen LogP contribution in [0.2, 0.25) is 0 Å². The number of hydrogen-bond donors (Lipinski definition) is 2. The third-order valence-electron chi connectivity index (χ3n) is 3.10. The highest BCUT2D eigenvalue weighted by Gasteiger charge is 2.25. The van der Waals surface area contributed by atoms with Crippen molar-refractivity contribution in [2.24, 2.45) is 5.92 Å². The van der Waals surface area contributed by atoms with Crippen molar-refractivity contribution in [2.45, 2.75) is 57.5 Å². The highest BCUT2D eigenvalue weighted by atomic mass is 16.3. The summed E-state index contributed by atoms with van der Waals surface area (Å²) in [6.07, 6.45) is 7.92. The topological polar surface area (TPSA) is 40.5 Å². The maximum atomic E-state index is 9.91. The van der Waals surface area contributed by atoms with Gasteiger partial charge in [-0.05, 0) is 25.7 Å². The van der Waals surface area contributed by atoms with Crippen LogP contribution in [0.1, 0.15) is 51.9 Å². The molecule has 1 atom stereocenters. The molecule has 2 heteroatoms. The summed E-state index contributed by atoms with van der Waals surface area (Å²) < 4.78 is 0. The van der Waals surface area contributed by atoms with Gasteiger partial charge in [-0.1, -0.05) is 32.1 Å². The molecule has 0 aliphatic heterocycles. The monoisotopic (exact) mass is 186 g/mol. The normalized spacial score (nSPS) is 24.2. The lowest BCUT2D eigenvalue weighted by Crippen LogP contribution is -2.29. The van der Waals surface area contributed by atoms with Gasteiger partial charge < -0.3 is 10.2 Å². The summed E-state index contributed by atoms with van der Waals surface area (Å²) in [6, 6.07) is 0. The molecule has 0 heterocycles. The molecule has 13 heavy (non-hydrogen) atoms. The maximum Gasteiger partial charge on any atom is 0.0644 e. The fraction of sp³-hybridized carbons (Fsp3) is 1.00. The van der Waals surface area contributed by atoms with Crippen molar-refractivity contribution in [1.29, 1.82) is 0 Å². The molecule has 0 radical (unpaired) electrons. The molecule has 1 unspecified atom stereocenters. The molecule has 0 aromatic heterocycles. The summed E-state index contributed by atoms with van der Waals surface area (Å²) in [7, 11) is 0. The van der Waals surface area contributed by atoms with E-state index in [1.807, 2.05) is 6.92 Å². The zero-order valence-corrected chi connectivity index (χ0v) is 8.63. The van der Waals surface area contributed by atoms with Gasteiger partial charge in [-0.15, -0.1) is 0 Å². The molecular formula is C11H22O2. The van der Waals surface area contributed by atoms with Crippen molar-refractivity contribution in [3.8, 4) is 0 Å². The van der Waals surface area contributed by atoms with E-state index in [1.54, 1.807) is 0 Å². The molecule has 0 aromatic carbocycles. The van der Waals surface area contributed by atoms with Crippen LogP contribution in [0.5, 0.6) is 0 Å². The zero-order chi connectivity index (χ0) is 9.73. The van der Waals surface area contributed by atoms with Crippen LogP contribution in [0.25, 0.3) is 0 Å². The third-order valence-corrected chi connectivity index (χ3v) is 3.10. The van der Waals surface area contributed by atoms with Gasteiger partial charge in [0.2, 0.25) is 0 Å². The minimum absolute atomic E-state index is 0.0969. The molecule has 2 nitrogen and oxygen atoms in total. The van der Waals surface area contributed by atoms with Crippen LogP contribution in [-0.2, 0) is 0 Å². The minimum atomic E-state index is -0.642. The van der Waals surface area contributed by atoms with Crippen LogP contribution < -0.4 is 0 Å². The quantitative estimate of drug-likeness (QED) is 0.705. The zero-order valence-electron chi connectivity index (χ0n) is 8.63. The first kappa shape index (κ1) is 11.0. The Bertz CT molecular complexity index is 137. The fourth-order valence-electron chi connectivity index (χ4n) is 2.36. The van der Waals surface area contributed by atoms with E-state index < -0.39 is 5.60 Å². The van der Waals surface area contributed by atoms with Crippen molar-refractivity contribution >= 4 is 0 Å². The molecule has 1 aliphatic carbocycles. The number of aliphatic hydroxyl groups is 2. The van der Waals surface area contributed by atoms with Gasteiger partial charge in [0.15, 0.2) is 0 Å². The van der Waals surface area contributed by atoms with E-state index in [0.717, 1.165) is 6.42 Å². The summed E-state index contributed by atoms with van der Waals surface area (Å²) in [4.78, 5) is 0. The Hall–Kier alpha value is -0.0800. The summed E-state index contributed by atoms with van der Waals surface area (Å²) in [6.45, 7) is 1.94. The molecule has 0 saturated heterocycles. The minimum Gasteiger partial charge on any atom is -0.396 e. The lowest BCUT2D eigenvalue weighted by molar-refractivity contribution is 0.00602. The molecule has 78 valence electrons. The Morgan fingerprint density at radius 3 is 2.38 bits per heavy atom. The predicted molar refractivity (Wildman–Crippen MR) is 53.5 cm³/mol. The third kappa shape index (κ3) is 4.10. The molecule has 2 N–H and O–H groups in total. The van der Waals surface area contributed by atoms with Crippen LogP contribution in [0, 0.1) is 5.92 Å². The second-order valence-corrected chi connectivity index (χ2v) is 4.68. The van der Waals surface area contributed by atoms with Gasteiger partial charge in [-0.25, -0.2) is 0 Å². The van der Waals surface area contributed by atoms with Crippen LogP contribution in [0.4, 0.5) is 0 Å². The van der Waals surface area contributed by atoms with Crippen LogP contribution in [0.15, 0.2) is 0 Å². The van der Waals surface area contributed by atoms with Crippen LogP contribution in [0.3, 0.4) is 0 Å². The van der Waals surface area contributed by atoms with E-state index in [0.29, 0.717) is 12.3 Å². The Morgan fingerprint density at radius 1 is 1.23 bits per heavy atom. The fourth-order valence-corrected chi connectivity index (χ4v) is 2.36. The second-order valence-electron chi connectivity index (χ2n) is 4.68. The average Bonchev–Trinajstić information content (AvgIpc) is 2.04. The first-order chi connectivity index (χ1) is 6.14. The summed E-state index contributed by atoms with van der Waals surface area (Å²) >= 11 is 0. The van der Waals surface area contributed by atoms with Crippen LogP contribution in [-0.4, -0.2) is 22.4 Å². The van der Waals surface area contributed by atoms with E-state index in [9.17, 15) is 5.11 Å². The van der Waals surface area contributed by atoms with Gasteiger partial charge >= 0.3 is 0 Å². The van der Waals surface area contributed by atoms with Gasteiger partial charge in [0.05, 0.1) is 5.60 Å².